The molecular weight excluding hydrogens is 549 g/mol. The van der Waals surface area contributed by atoms with Gasteiger partial charge in [0.15, 0.2) is 0 Å². The molecule has 0 saturated heterocycles. The van der Waals surface area contributed by atoms with Crippen molar-refractivity contribution in [3.05, 3.63) is 64.2 Å². The number of nitrogens with one attached hydrogen (secondary N) is 1. The fraction of sp³-hybridized carbons (Fsp3) is 0.533. The molecule has 1 amide bonds. The zero-order valence-corrected chi connectivity index (χ0v) is 24.5. The highest BCUT2D eigenvalue weighted by atomic mass is 32.2. The normalized spacial score (nSPS) is 19.2. The predicted molar refractivity (Wildman–Crippen MR) is 152 cm³/mol. The molecule has 0 bridgehead atoms. The molecule has 2 saturated carbocycles. The average molecular weight is 585 g/mol. The van der Waals surface area contributed by atoms with Gasteiger partial charge in [0.05, 0.1) is 17.1 Å². The van der Waals surface area contributed by atoms with Crippen LogP contribution >= 0.6 is 11.8 Å². The van der Waals surface area contributed by atoms with E-state index in [1.807, 2.05) is 24.6 Å². The first-order chi connectivity index (χ1) is 19.5. The minimum Gasteiger partial charge on any atom is -0.321 e. The van der Waals surface area contributed by atoms with Crippen molar-refractivity contribution in [3.63, 3.8) is 0 Å². The van der Waals surface area contributed by atoms with Crippen molar-refractivity contribution in [1.82, 2.24) is 25.1 Å². The van der Waals surface area contributed by atoms with Crippen molar-refractivity contribution in [2.75, 3.05) is 10.7 Å². The fourth-order valence-electron chi connectivity index (χ4n) is 6.31. The van der Waals surface area contributed by atoms with Crippen LogP contribution in [-0.2, 0) is 38.1 Å². The van der Waals surface area contributed by atoms with Gasteiger partial charge >= 0.3 is 6.18 Å². The maximum absolute atomic E-state index is 14.3. The predicted octanol–water partition coefficient (Wildman–Crippen LogP) is 6.20. The number of rotatable bonds is 9. The standard InChI is InChI=1S/C30H35F3N6OS/c1-4-41-26-14-20(29(9-6-10-29)15-25-37-35-18-38(25)3)13-24(36-26)39-17-22-21(27(39)40)11-19(12-23(22)30(31,32)33)16-34-28(2)7-5-8-28/h11-14,18,34H,4-10,15-17H2,1-3H3. The smallest absolute Gasteiger partial charge is 0.321 e. The number of anilines is 1. The van der Waals surface area contributed by atoms with Crippen LogP contribution in [0.3, 0.4) is 0 Å². The Morgan fingerprint density at radius 2 is 1.85 bits per heavy atom. The van der Waals surface area contributed by atoms with Crippen LogP contribution in [0.4, 0.5) is 19.0 Å². The maximum atomic E-state index is 14.3. The second kappa shape index (κ2) is 10.4. The first-order valence-electron chi connectivity index (χ1n) is 14.3. The van der Waals surface area contributed by atoms with Gasteiger partial charge in [-0.15, -0.1) is 22.0 Å². The minimum atomic E-state index is -4.57. The van der Waals surface area contributed by atoms with Crippen LogP contribution in [0.2, 0.25) is 0 Å². The van der Waals surface area contributed by atoms with Gasteiger partial charge in [0.25, 0.3) is 5.91 Å². The molecular formula is C30H35F3N6OS. The van der Waals surface area contributed by atoms with Gasteiger partial charge in [-0.3, -0.25) is 9.69 Å². The van der Waals surface area contributed by atoms with Gasteiger partial charge in [0, 0.05) is 36.5 Å². The van der Waals surface area contributed by atoms with Gasteiger partial charge in [-0.1, -0.05) is 13.3 Å². The largest absolute Gasteiger partial charge is 0.416 e. The summed E-state index contributed by atoms with van der Waals surface area (Å²) in [5.74, 6) is 1.63. The fourth-order valence-corrected chi connectivity index (χ4v) is 6.97. The highest BCUT2D eigenvalue weighted by Gasteiger charge is 2.43. The molecule has 3 aromatic rings. The van der Waals surface area contributed by atoms with Crippen LogP contribution in [0.25, 0.3) is 0 Å². The zero-order chi connectivity index (χ0) is 29.0. The summed E-state index contributed by atoms with van der Waals surface area (Å²) < 4.78 is 44.8. The molecule has 1 aliphatic heterocycles. The van der Waals surface area contributed by atoms with Crippen molar-refractivity contribution in [1.29, 1.82) is 0 Å². The van der Waals surface area contributed by atoms with Crippen molar-refractivity contribution in [2.24, 2.45) is 7.05 Å². The van der Waals surface area contributed by atoms with E-state index >= 15 is 0 Å². The number of aryl methyl sites for hydroxylation is 1. The third kappa shape index (κ3) is 5.27. The molecule has 2 aliphatic carbocycles. The summed E-state index contributed by atoms with van der Waals surface area (Å²) in [5, 5.41) is 12.5. The van der Waals surface area contributed by atoms with E-state index < -0.39 is 17.6 Å². The Hall–Kier alpha value is -2.92. The Bertz CT molecular complexity index is 1480. The van der Waals surface area contributed by atoms with Crippen LogP contribution in [0.1, 0.15) is 90.8 Å². The summed E-state index contributed by atoms with van der Waals surface area (Å²) in [4.78, 5) is 20.0. The number of benzene rings is 1. The Morgan fingerprint density at radius 3 is 2.44 bits per heavy atom. The highest BCUT2D eigenvalue weighted by molar-refractivity contribution is 7.99. The lowest BCUT2D eigenvalue weighted by atomic mass is 9.62. The lowest BCUT2D eigenvalue weighted by Crippen LogP contribution is -2.47. The van der Waals surface area contributed by atoms with Crippen LogP contribution in [0.5, 0.6) is 0 Å². The number of hydrogen-bond acceptors (Lipinski definition) is 6. The molecule has 2 aromatic heterocycles. The van der Waals surface area contributed by atoms with E-state index in [4.69, 9.17) is 4.98 Å². The summed E-state index contributed by atoms with van der Waals surface area (Å²) in [7, 11) is 1.92. The van der Waals surface area contributed by atoms with E-state index in [-0.39, 0.29) is 35.2 Å². The van der Waals surface area contributed by atoms with Gasteiger partial charge in [-0.05, 0) is 85.7 Å². The molecule has 41 heavy (non-hydrogen) atoms. The number of alkyl halides is 3. The number of amides is 1. The molecule has 0 unspecified atom stereocenters. The number of thioether (sulfide) groups is 1. The monoisotopic (exact) mass is 584 g/mol. The lowest BCUT2D eigenvalue weighted by molar-refractivity contribution is -0.138. The number of hydrogen-bond donors (Lipinski definition) is 1. The molecule has 7 nitrogen and oxygen atoms in total. The number of carbonyl (C=O) groups is 1. The number of carbonyl (C=O) groups excluding carboxylic acids is 1. The highest BCUT2D eigenvalue weighted by Crippen LogP contribution is 2.48. The molecule has 1 aromatic carbocycles. The second-order valence-electron chi connectivity index (χ2n) is 12.0. The Morgan fingerprint density at radius 1 is 1.10 bits per heavy atom. The summed E-state index contributed by atoms with van der Waals surface area (Å²) in [6.45, 7) is 4.25. The van der Waals surface area contributed by atoms with Crippen molar-refractivity contribution < 1.29 is 18.0 Å². The Balaban J connectivity index is 1.36. The van der Waals surface area contributed by atoms with E-state index in [0.717, 1.165) is 60.7 Å². The maximum Gasteiger partial charge on any atom is 0.416 e. The molecule has 3 aliphatic rings. The average Bonchev–Trinajstić information content (AvgIpc) is 3.44. The van der Waals surface area contributed by atoms with E-state index in [1.54, 1.807) is 24.2 Å². The third-order valence-corrected chi connectivity index (χ3v) is 9.96. The summed E-state index contributed by atoms with van der Waals surface area (Å²) >= 11 is 1.57. The molecule has 11 heteroatoms. The second-order valence-corrected chi connectivity index (χ2v) is 13.3. The summed E-state index contributed by atoms with van der Waals surface area (Å²) in [5.41, 5.74) is 0.684. The summed E-state index contributed by atoms with van der Waals surface area (Å²) in [6, 6.07) is 6.82. The molecule has 218 valence electrons. The minimum absolute atomic E-state index is 0.0236. The van der Waals surface area contributed by atoms with Gasteiger partial charge < -0.3 is 9.88 Å². The van der Waals surface area contributed by atoms with Gasteiger partial charge in [0.2, 0.25) is 0 Å². The molecule has 0 radical (unpaired) electrons. The van der Waals surface area contributed by atoms with E-state index in [2.05, 4.69) is 28.5 Å². The zero-order valence-electron chi connectivity index (χ0n) is 23.6. The first-order valence-corrected chi connectivity index (χ1v) is 15.3. The molecule has 0 atom stereocenters. The molecule has 2 fully saturated rings. The number of halogens is 3. The van der Waals surface area contributed by atoms with E-state index in [9.17, 15) is 18.0 Å². The van der Waals surface area contributed by atoms with Gasteiger partial charge in [-0.2, -0.15) is 13.2 Å². The molecule has 6 rings (SSSR count). The molecule has 0 spiro atoms. The van der Waals surface area contributed by atoms with Gasteiger partial charge in [-0.25, -0.2) is 4.98 Å². The van der Waals surface area contributed by atoms with Crippen LogP contribution in [-0.4, -0.2) is 36.9 Å². The Labute approximate surface area is 242 Å². The van der Waals surface area contributed by atoms with E-state index in [1.165, 1.54) is 11.0 Å². The summed E-state index contributed by atoms with van der Waals surface area (Å²) in [6.07, 6.45) is 3.91. The lowest BCUT2D eigenvalue weighted by Gasteiger charge is -2.42. The molecule has 1 N–H and O–H groups in total. The Kier molecular flexibility index (Phi) is 7.17. The van der Waals surface area contributed by atoms with Gasteiger partial charge in [0.1, 0.15) is 18.0 Å². The first kappa shape index (κ1) is 28.2. The molecule has 3 heterocycles. The van der Waals surface area contributed by atoms with Crippen molar-refractivity contribution in [2.45, 2.75) is 94.0 Å². The topological polar surface area (TPSA) is 75.9 Å². The van der Waals surface area contributed by atoms with E-state index in [0.29, 0.717) is 17.8 Å². The van der Waals surface area contributed by atoms with Crippen LogP contribution in [0, 0.1) is 0 Å². The van der Waals surface area contributed by atoms with Crippen molar-refractivity contribution >= 4 is 23.5 Å². The number of aromatic nitrogens is 4. The third-order valence-electron chi connectivity index (χ3n) is 9.17. The number of fused-ring (bicyclic) bond motifs is 1. The quantitative estimate of drug-likeness (QED) is 0.302. The number of pyridine rings is 1. The van der Waals surface area contributed by atoms with Crippen LogP contribution < -0.4 is 10.2 Å². The van der Waals surface area contributed by atoms with Crippen molar-refractivity contribution in [3.8, 4) is 0 Å². The van der Waals surface area contributed by atoms with Crippen LogP contribution in [0.15, 0.2) is 35.6 Å². The SMILES string of the molecule is CCSc1cc(C2(Cc3nncn3C)CCC2)cc(N2Cc3c(cc(CNC4(C)CCC4)cc3C(F)(F)F)C2=O)n1. The number of nitrogens with zero attached hydrogens (tertiary/aromatic N) is 5.